The highest BCUT2D eigenvalue weighted by Gasteiger charge is 2.11. The predicted molar refractivity (Wildman–Crippen MR) is 61.5 cm³/mol. The molecule has 0 spiro atoms. The van der Waals surface area contributed by atoms with Crippen molar-refractivity contribution in [2.75, 3.05) is 0 Å². The lowest BCUT2D eigenvalue weighted by Gasteiger charge is -2.02. The van der Waals surface area contributed by atoms with Crippen molar-refractivity contribution in [1.82, 2.24) is 0 Å². The second kappa shape index (κ2) is 3.87. The largest absolute Gasteiger partial charge is 0.478 e. The molecule has 0 aliphatic rings. The maximum Gasteiger partial charge on any atom is 0.336 e. The van der Waals surface area contributed by atoms with Gasteiger partial charge in [-0.25, -0.2) is 4.79 Å². The third-order valence-electron chi connectivity index (χ3n) is 2.15. The number of hydrogen-bond donors (Lipinski definition) is 1. The number of rotatable bonds is 2. The summed E-state index contributed by atoms with van der Waals surface area (Å²) in [6.45, 7) is 2.00. The molecule has 0 aliphatic carbocycles. The zero-order chi connectivity index (χ0) is 10.8. The third-order valence-corrected chi connectivity index (χ3v) is 3.23. The van der Waals surface area contributed by atoms with Crippen LogP contribution in [-0.4, -0.2) is 11.1 Å². The molecule has 2 rings (SSSR count). The SMILES string of the molecule is Cc1csc(-c2ccccc2C(=O)O)c1. The second-order valence-corrected chi connectivity index (χ2v) is 4.25. The van der Waals surface area contributed by atoms with Gasteiger partial charge in [0.1, 0.15) is 0 Å². The van der Waals surface area contributed by atoms with Crippen LogP contribution < -0.4 is 0 Å². The first-order valence-corrected chi connectivity index (χ1v) is 5.44. The average molecular weight is 218 g/mol. The minimum absolute atomic E-state index is 0.361. The Balaban J connectivity index is 2.57. The van der Waals surface area contributed by atoms with Crippen LogP contribution in [0.5, 0.6) is 0 Å². The normalized spacial score (nSPS) is 10.2. The predicted octanol–water partition coefficient (Wildman–Crippen LogP) is 3.42. The van der Waals surface area contributed by atoms with Gasteiger partial charge in [-0.05, 0) is 30.0 Å². The van der Waals surface area contributed by atoms with Gasteiger partial charge in [-0.1, -0.05) is 18.2 Å². The van der Waals surface area contributed by atoms with Gasteiger partial charge in [0.25, 0.3) is 0 Å². The summed E-state index contributed by atoms with van der Waals surface area (Å²) in [4.78, 5) is 12.0. The molecule has 0 bridgehead atoms. The first kappa shape index (κ1) is 9.93. The molecule has 1 aromatic heterocycles. The molecule has 0 saturated heterocycles. The van der Waals surface area contributed by atoms with Crippen LogP contribution in [0.15, 0.2) is 35.7 Å². The van der Waals surface area contributed by atoms with Gasteiger partial charge in [0, 0.05) is 10.4 Å². The standard InChI is InChI=1S/C12H10O2S/c1-8-6-11(15-7-8)9-4-2-3-5-10(9)12(13)14/h2-7H,1H3,(H,13,14). The molecule has 0 aliphatic heterocycles. The van der Waals surface area contributed by atoms with Crippen molar-refractivity contribution in [3.05, 3.63) is 46.8 Å². The van der Waals surface area contributed by atoms with E-state index in [0.29, 0.717) is 5.56 Å². The lowest BCUT2D eigenvalue weighted by Crippen LogP contribution is -1.97. The van der Waals surface area contributed by atoms with Crippen molar-refractivity contribution in [2.24, 2.45) is 0 Å². The lowest BCUT2D eigenvalue weighted by atomic mass is 10.1. The summed E-state index contributed by atoms with van der Waals surface area (Å²) < 4.78 is 0. The summed E-state index contributed by atoms with van der Waals surface area (Å²) in [5.41, 5.74) is 2.32. The Kier molecular flexibility index (Phi) is 2.56. The molecule has 0 atom stereocenters. The molecule has 0 amide bonds. The van der Waals surface area contributed by atoms with E-state index in [1.54, 1.807) is 23.5 Å². The Morgan fingerprint density at radius 1 is 1.33 bits per heavy atom. The van der Waals surface area contributed by atoms with E-state index in [-0.39, 0.29) is 0 Å². The zero-order valence-corrected chi connectivity index (χ0v) is 9.04. The molecule has 1 N–H and O–H groups in total. The third kappa shape index (κ3) is 1.92. The number of carboxylic acid groups (broad SMARTS) is 1. The Hall–Kier alpha value is -1.61. The van der Waals surface area contributed by atoms with E-state index in [4.69, 9.17) is 5.11 Å². The quantitative estimate of drug-likeness (QED) is 0.838. The van der Waals surface area contributed by atoms with Crippen LogP contribution in [0.3, 0.4) is 0 Å². The highest BCUT2D eigenvalue weighted by Crippen LogP contribution is 2.29. The van der Waals surface area contributed by atoms with Crippen LogP contribution in [0.2, 0.25) is 0 Å². The van der Waals surface area contributed by atoms with E-state index in [1.807, 2.05) is 30.5 Å². The first-order chi connectivity index (χ1) is 7.18. The number of carbonyl (C=O) groups is 1. The fourth-order valence-electron chi connectivity index (χ4n) is 1.46. The molecule has 76 valence electrons. The number of aryl methyl sites for hydroxylation is 1. The molecule has 0 fully saturated rings. The number of aromatic carboxylic acids is 1. The number of carboxylic acids is 1. The minimum Gasteiger partial charge on any atom is -0.478 e. The van der Waals surface area contributed by atoms with Gasteiger partial charge in [0.2, 0.25) is 0 Å². The number of benzene rings is 1. The van der Waals surface area contributed by atoms with Gasteiger partial charge < -0.3 is 5.11 Å². The highest BCUT2D eigenvalue weighted by atomic mass is 32.1. The molecule has 1 aromatic carbocycles. The number of thiophene rings is 1. The molecule has 3 heteroatoms. The van der Waals surface area contributed by atoms with Gasteiger partial charge in [-0.2, -0.15) is 0 Å². The van der Waals surface area contributed by atoms with E-state index >= 15 is 0 Å². The first-order valence-electron chi connectivity index (χ1n) is 4.56. The summed E-state index contributed by atoms with van der Waals surface area (Å²) in [6.07, 6.45) is 0. The van der Waals surface area contributed by atoms with Crippen LogP contribution >= 0.6 is 11.3 Å². The van der Waals surface area contributed by atoms with Crippen molar-refractivity contribution in [3.63, 3.8) is 0 Å². The average Bonchev–Trinajstić information content (AvgIpc) is 2.65. The van der Waals surface area contributed by atoms with E-state index in [0.717, 1.165) is 16.0 Å². The van der Waals surface area contributed by atoms with Crippen LogP contribution in [0, 0.1) is 6.92 Å². The van der Waals surface area contributed by atoms with Crippen LogP contribution in [0.25, 0.3) is 10.4 Å². The van der Waals surface area contributed by atoms with Crippen molar-refractivity contribution in [3.8, 4) is 10.4 Å². The van der Waals surface area contributed by atoms with Gasteiger partial charge >= 0.3 is 5.97 Å². The molecule has 15 heavy (non-hydrogen) atoms. The molecule has 0 unspecified atom stereocenters. The zero-order valence-electron chi connectivity index (χ0n) is 8.23. The molecule has 2 nitrogen and oxygen atoms in total. The minimum atomic E-state index is -0.878. The van der Waals surface area contributed by atoms with Crippen molar-refractivity contribution < 1.29 is 9.90 Å². The van der Waals surface area contributed by atoms with E-state index < -0.39 is 5.97 Å². The van der Waals surface area contributed by atoms with Gasteiger partial charge in [-0.15, -0.1) is 11.3 Å². The smallest absolute Gasteiger partial charge is 0.336 e. The van der Waals surface area contributed by atoms with E-state index in [2.05, 4.69) is 0 Å². The van der Waals surface area contributed by atoms with Crippen molar-refractivity contribution >= 4 is 17.3 Å². The van der Waals surface area contributed by atoms with Gasteiger partial charge in [-0.3, -0.25) is 0 Å². The Labute approximate surface area is 91.8 Å². The maximum atomic E-state index is 11.0. The Bertz CT molecular complexity index is 500. The van der Waals surface area contributed by atoms with Crippen molar-refractivity contribution in [2.45, 2.75) is 6.92 Å². The summed E-state index contributed by atoms with van der Waals surface area (Å²) in [6, 6.07) is 9.08. The summed E-state index contributed by atoms with van der Waals surface area (Å²) in [5.74, 6) is -0.878. The van der Waals surface area contributed by atoms with E-state index in [9.17, 15) is 4.79 Å². The monoisotopic (exact) mass is 218 g/mol. The molecular weight excluding hydrogens is 208 g/mol. The van der Waals surface area contributed by atoms with Crippen LogP contribution in [-0.2, 0) is 0 Å². The molecule has 0 radical (unpaired) electrons. The van der Waals surface area contributed by atoms with Crippen LogP contribution in [0.1, 0.15) is 15.9 Å². The highest BCUT2D eigenvalue weighted by molar-refractivity contribution is 7.13. The van der Waals surface area contributed by atoms with E-state index in [1.165, 1.54) is 0 Å². The summed E-state index contributed by atoms with van der Waals surface area (Å²) in [7, 11) is 0. The van der Waals surface area contributed by atoms with Gasteiger partial charge in [0.15, 0.2) is 0 Å². The Morgan fingerprint density at radius 2 is 2.07 bits per heavy atom. The molecule has 2 aromatic rings. The number of hydrogen-bond acceptors (Lipinski definition) is 2. The second-order valence-electron chi connectivity index (χ2n) is 3.34. The fraction of sp³-hybridized carbons (Fsp3) is 0.0833. The molecule has 1 heterocycles. The topological polar surface area (TPSA) is 37.3 Å². The van der Waals surface area contributed by atoms with Crippen LogP contribution in [0.4, 0.5) is 0 Å². The lowest BCUT2D eigenvalue weighted by molar-refractivity contribution is 0.0698. The van der Waals surface area contributed by atoms with Gasteiger partial charge in [0.05, 0.1) is 5.56 Å². The molecular formula is C12H10O2S. The Morgan fingerprint density at radius 3 is 2.67 bits per heavy atom. The van der Waals surface area contributed by atoms with Crippen molar-refractivity contribution in [1.29, 1.82) is 0 Å². The molecule has 0 saturated carbocycles. The fourth-order valence-corrected chi connectivity index (χ4v) is 2.40. The maximum absolute atomic E-state index is 11.0. The summed E-state index contributed by atoms with van der Waals surface area (Å²) in [5, 5.41) is 11.1. The summed E-state index contributed by atoms with van der Waals surface area (Å²) >= 11 is 1.57.